The third kappa shape index (κ3) is 3.80. The minimum Gasteiger partial charge on any atom is -0.309 e. The Balaban J connectivity index is 2.38. The third-order valence-corrected chi connectivity index (χ3v) is 5.93. The third-order valence-electron chi connectivity index (χ3n) is 4.67. The molecule has 1 N–H and O–H groups in total. The van der Waals surface area contributed by atoms with Gasteiger partial charge in [-0.25, -0.2) is 4.39 Å². The summed E-state index contributed by atoms with van der Waals surface area (Å²) < 4.78 is 15.3. The van der Waals surface area contributed by atoms with Gasteiger partial charge in [-0.3, -0.25) is 0 Å². The van der Waals surface area contributed by atoms with Crippen molar-refractivity contribution in [1.29, 1.82) is 0 Å². The van der Waals surface area contributed by atoms with Gasteiger partial charge in [0.25, 0.3) is 0 Å². The van der Waals surface area contributed by atoms with Crippen LogP contribution in [0, 0.1) is 11.2 Å². The van der Waals surface area contributed by atoms with Crippen LogP contribution < -0.4 is 5.32 Å². The molecular formula is C17H24BrClFN. The number of hydrogen-bond acceptors (Lipinski definition) is 1. The summed E-state index contributed by atoms with van der Waals surface area (Å²) in [6.07, 6.45) is 7.07. The Morgan fingerprint density at radius 1 is 1.33 bits per heavy atom. The van der Waals surface area contributed by atoms with E-state index in [4.69, 9.17) is 11.6 Å². The predicted octanol–water partition coefficient (Wildman–Crippen LogP) is 6.25. The summed E-state index contributed by atoms with van der Waals surface area (Å²) >= 11 is 9.39. The molecule has 0 heterocycles. The molecule has 21 heavy (non-hydrogen) atoms. The van der Waals surface area contributed by atoms with E-state index >= 15 is 0 Å². The summed E-state index contributed by atoms with van der Waals surface area (Å²) in [5, 5.41) is 3.76. The summed E-state index contributed by atoms with van der Waals surface area (Å²) in [7, 11) is 0. The number of halogens is 3. The number of benzene rings is 1. The van der Waals surface area contributed by atoms with Crippen LogP contribution in [0.3, 0.4) is 0 Å². The summed E-state index contributed by atoms with van der Waals surface area (Å²) in [5.74, 6) is -0.286. The molecule has 0 aromatic heterocycles. The molecule has 2 rings (SSSR count). The molecule has 118 valence electrons. The second-order valence-corrected chi connectivity index (χ2v) is 7.60. The number of hydrogen-bond donors (Lipinski definition) is 1. The summed E-state index contributed by atoms with van der Waals surface area (Å²) in [6, 6.07) is 3.76. The van der Waals surface area contributed by atoms with Crippen molar-refractivity contribution in [3.63, 3.8) is 0 Å². The smallest absolute Gasteiger partial charge is 0.147 e. The molecule has 1 saturated carbocycles. The monoisotopic (exact) mass is 375 g/mol. The summed E-state index contributed by atoms with van der Waals surface area (Å²) in [5.41, 5.74) is 0.812. The van der Waals surface area contributed by atoms with Crippen LogP contribution in [0.25, 0.3) is 0 Å². The van der Waals surface area contributed by atoms with Gasteiger partial charge in [-0.15, -0.1) is 0 Å². The lowest BCUT2D eigenvalue weighted by molar-refractivity contribution is 0.142. The predicted molar refractivity (Wildman–Crippen MR) is 91.3 cm³/mol. The fraction of sp³-hybridized carbons (Fsp3) is 0.647. The molecular weight excluding hydrogens is 353 g/mol. The largest absolute Gasteiger partial charge is 0.309 e. The molecule has 0 bridgehead atoms. The van der Waals surface area contributed by atoms with E-state index in [-0.39, 0.29) is 22.3 Å². The van der Waals surface area contributed by atoms with Crippen LogP contribution in [-0.4, -0.2) is 6.54 Å². The lowest BCUT2D eigenvalue weighted by atomic mass is 9.68. The molecule has 0 saturated heterocycles. The van der Waals surface area contributed by atoms with E-state index in [0.717, 1.165) is 25.8 Å². The molecule has 4 heteroatoms. The average molecular weight is 377 g/mol. The van der Waals surface area contributed by atoms with Crippen molar-refractivity contribution in [2.24, 2.45) is 5.41 Å². The molecule has 1 aromatic rings. The highest BCUT2D eigenvalue weighted by molar-refractivity contribution is 9.10. The molecule has 0 radical (unpaired) electrons. The van der Waals surface area contributed by atoms with Crippen molar-refractivity contribution in [3.05, 3.63) is 33.0 Å². The first-order valence-electron chi connectivity index (χ1n) is 7.86. The Morgan fingerprint density at radius 2 is 2.00 bits per heavy atom. The van der Waals surface area contributed by atoms with Gasteiger partial charge in [0.2, 0.25) is 0 Å². The van der Waals surface area contributed by atoms with Gasteiger partial charge in [0, 0.05) is 16.1 Å². The zero-order valence-electron chi connectivity index (χ0n) is 12.8. The quantitative estimate of drug-likeness (QED) is 0.599. The lowest BCUT2D eigenvalue weighted by Gasteiger charge is -2.42. The normalized spacial score (nSPS) is 19.5. The Bertz CT molecular complexity index is 486. The van der Waals surface area contributed by atoms with Gasteiger partial charge in [-0.2, -0.15) is 0 Å². The SMILES string of the molecule is CCCNC(c1ccc(Br)c(Cl)c1F)C1(C)CCCCC1. The molecule has 1 atom stereocenters. The Hall–Kier alpha value is -0.120. The van der Waals surface area contributed by atoms with Crippen molar-refractivity contribution in [3.8, 4) is 0 Å². The van der Waals surface area contributed by atoms with Crippen LogP contribution >= 0.6 is 27.5 Å². The molecule has 0 aliphatic heterocycles. The van der Waals surface area contributed by atoms with Crippen LogP contribution in [0.5, 0.6) is 0 Å². The minimum atomic E-state index is -0.286. The highest BCUT2D eigenvalue weighted by atomic mass is 79.9. The first-order valence-corrected chi connectivity index (χ1v) is 9.03. The molecule has 0 spiro atoms. The zero-order valence-corrected chi connectivity index (χ0v) is 15.2. The van der Waals surface area contributed by atoms with Gasteiger partial charge in [0.1, 0.15) is 5.82 Å². The van der Waals surface area contributed by atoms with Gasteiger partial charge < -0.3 is 5.32 Å². The van der Waals surface area contributed by atoms with Crippen molar-refractivity contribution < 1.29 is 4.39 Å². The van der Waals surface area contributed by atoms with E-state index in [9.17, 15) is 4.39 Å². The maximum atomic E-state index is 14.7. The zero-order chi connectivity index (χ0) is 15.5. The van der Waals surface area contributed by atoms with Crippen molar-refractivity contribution in [1.82, 2.24) is 5.32 Å². The van der Waals surface area contributed by atoms with Crippen LogP contribution in [0.1, 0.15) is 64.0 Å². The molecule has 1 fully saturated rings. The molecule has 1 nitrogen and oxygen atoms in total. The highest BCUT2D eigenvalue weighted by Gasteiger charge is 2.37. The van der Waals surface area contributed by atoms with Gasteiger partial charge >= 0.3 is 0 Å². The number of nitrogens with one attached hydrogen (secondary N) is 1. The highest BCUT2D eigenvalue weighted by Crippen LogP contribution is 2.47. The van der Waals surface area contributed by atoms with Crippen LogP contribution in [0.4, 0.5) is 4.39 Å². The fourth-order valence-electron chi connectivity index (χ4n) is 3.43. The molecule has 1 aromatic carbocycles. The van der Waals surface area contributed by atoms with E-state index in [1.54, 1.807) is 0 Å². The first kappa shape index (κ1) is 17.2. The summed E-state index contributed by atoms with van der Waals surface area (Å²) in [6.45, 7) is 5.32. The van der Waals surface area contributed by atoms with Crippen molar-refractivity contribution in [2.75, 3.05) is 6.54 Å². The van der Waals surface area contributed by atoms with E-state index in [1.807, 2.05) is 12.1 Å². The molecule has 1 aliphatic rings. The van der Waals surface area contributed by atoms with Gasteiger partial charge in [0.15, 0.2) is 0 Å². The van der Waals surface area contributed by atoms with Gasteiger partial charge in [0.05, 0.1) is 5.02 Å². The van der Waals surface area contributed by atoms with Crippen LogP contribution in [0.2, 0.25) is 5.02 Å². The van der Waals surface area contributed by atoms with Gasteiger partial charge in [-0.05, 0) is 53.2 Å². The lowest BCUT2D eigenvalue weighted by Crippen LogP contribution is -2.38. The maximum Gasteiger partial charge on any atom is 0.147 e. The first-order chi connectivity index (χ1) is 9.99. The van der Waals surface area contributed by atoms with Crippen molar-refractivity contribution in [2.45, 2.75) is 58.4 Å². The van der Waals surface area contributed by atoms with Crippen LogP contribution in [0.15, 0.2) is 16.6 Å². The molecule has 1 unspecified atom stereocenters. The van der Waals surface area contributed by atoms with E-state index in [1.165, 1.54) is 19.3 Å². The fourth-order valence-corrected chi connectivity index (χ4v) is 3.91. The number of rotatable bonds is 5. The van der Waals surface area contributed by atoms with Crippen molar-refractivity contribution >= 4 is 27.5 Å². The molecule has 0 amide bonds. The Labute approximate surface area is 140 Å². The average Bonchev–Trinajstić information content (AvgIpc) is 2.48. The van der Waals surface area contributed by atoms with E-state index < -0.39 is 0 Å². The summed E-state index contributed by atoms with van der Waals surface area (Å²) in [4.78, 5) is 0. The maximum absolute atomic E-state index is 14.7. The standard InChI is InChI=1S/C17H24BrClFN/c1-3-11-21-16(17(2)9-5-4-6-10-17)12-7-8-13(18)14(19)15(12)20/h7-8,16,21H,3-6,9-11H2,1-2H3. The Kier molecular flexibility index (Phi) is 6.10. The van der Waals surface area contributed by atoms with Crippen LogP contribution in [-0.2, 0) is 0 Å². The second kappa shape index (κ2) is 7.43. The second-order valence-electron chi connectivity index (χ2n) is 6.37. The van der Waals surface area contributed by atoms with Gasteiger partial charge in [-0.1, -0.05) is 50.8 Å². The topological polar surface area (TPSA) is 12.0 Å². The van der Waals surface area contributed by atoms with E-state index in [0.29, 0.717) is 10.0 Å². The minimum absolute atomic E-state index is 0.0309. The molecule has 1 aliphatic carbocycles. The van der Waals surface area contributed by atoms with E-state index in [2.05, 4.69) is 35.1 Å². The Morgan fingerprint density at radius 3 is 2.62 bits per heavy atom.